The van der Waals surface area contributed by atoms with Crippen molar-refractivity contribution in [2.45, 2.75) is 32.2 Å². The number of rotatable bonds is 3. The van der Waals surface area contributed by atoms with Gasteiger partial charge in [-0.15, -0.1) is 0 Å². The Balaban J connectivity index is 1.88. The predicted octanol–water partition coefficient (Wildman–Crippen LogP) is 2.39. The van der Waals surface area contributed by atoms with Crippen LogP contribution in [0.3, 0.4) is 0 Å². The van der Waals surface area contributed by atoms with Crippen molar-refractivity contribution >= 4 is 12.6 Å². The smallest absolute Gasteiger partial charge is 0.398 e. The fraction of sp³-hybridized carbons (Fsp3) is 0.375. The standard InChI is InChI=1S/C16H19BO3/c1-11-7-6-10-15-16(11)20-17(19-15)14-9-5-4-8-13(14)12(2)18-3/h4-10,12,15-16H,1-3H3/t12-,15-,16+/m0/s1. The van der Waals surface area contributed by atoms with Crippen LogP contribution in [0.1, 0.15) is 25.5 Å². The second kappa shape index (κ2) is 5.56. The van der Waals surface area contributed by atoms with Crippen molar-refractivity contribution in [1.82, 2.24) is 0 Å². The Morgan fingerprint density at radius 1 is 1.25 bits per heavy atom. The zero-order valence-electron chi connectivity index (χ0n) is 12.1. The first kappa shape index (κ1) is 13.6. The zero-order chi connectivity index (χ0) is 14.1. The van der Waals surface area contributed by atoms with E-state index in [1.54, 1.807) is 7.11 Å². The van der Waals surface area contributed by atoms with E-state index in [4.69, 9.17) is 14.0 Å². The Bertz CT molecular complexity index is 552. The van der Waals surface area contributed by atoms with Gasteiger partial charge in [-0.05, 0) is 30.4 Å². The number of fused-ring (bicyclic) bond motifs is 1. The van der Waals surface area contributed by atoms with Crippen LogP contribution in [0.25, 0.3) is 0 Å². The molecule has 1 heterocycles. The molecular formula is C16H19BO3. The maximum absolute atomic E-state index is 6.10. The van der Waals surface area contributed by atoms with Gasteiger partial charge in [-0.1, -0.05) is 42.5 Å². The number of allylic oxidation sites excluding steroid dienone is 2. The summed E-state index contributed by atoms with van der Waals surface area (Å²) in [6, 6.07) is 8.14. The molecule has 0 N–H and O–H groups in total. The summed E-state index contributed by atoms with van der Waals surface area (Å²) in [6.45, 7) is 4.11. The van der Waals surface area contributed by atoms with Gasteiger partial charge in [-0.2, -0.15) is 0 Å². The van der Waals surface area contributed by atoms with E-state index >= 15 is 0 Å². The first-order valence-electron chi connectivity index (χ1n) is 6.98. The topological polar surface area (TPSA) is 27.7 Å². The largest absolute Gasteiger partial charge is 0.495 e. The maximum atomic E-state index is 6.10. The third kappa shape index (κ3) is 2.35. The Kier molecular flexibility index (Phi) is 3.79. The molecule has 0 spiro atoms. The molecule has 1 saturated heterocycles. The number of methoxy groups -OCH3 is 1. The summed E-state index contributed by atoms with van der Waals surface area (Å²) in [7, 11) is 1.39. The summed E-state index contributed by atoms with van der Waals surface area (Å²) in [5, 5.41) is 0. The maximum Gasteiger partial charge on any atom is 0.495 e. The molecule has 1 aromatic rings. The molecule has 0 aromatic heterocycles. The van der Waals surface area contributed by atoms with Gasteiger partial charge in [0.15, 0.2) is 0 Å². The van der Waals surface area contributed by atoms with E-state index in [2.05, 4.69) is 31.2 Å². The summed E-state index contributed by atoms with van der Waals surface area (Å²) < 4.78 is 17.6. The van der Waals surface area contributed by atoms with Crippen LogP contribution in [0.4, 0.5) is 0 Å². The van der Waals surface area contributed by atoms with E-state index < -0.39 is 0 Å². The molecule has 0 unspecified atom stereocenters. The van der Waals surface area contributed by atoms with E-state index in [0.717, 1.165) is 11.0 Å². The molecule has 3 nitrogen and oxygen atoms in total. The molecule has 20 heavy (non-hydrogen) atoms. The first-order chi connectivity index (χ1) is 9.70. The van der Waals surface area contributed by atoms with Crippen LogP contribution in [-0.4, -0.2) is 26.4 Å². The molecule has 0 bridgehead atoms. The Morgan fingerprint density at radius 2 is 2.05 bits per heavy atom. The van der Waals surface area contributed by atoms with Gasteiger partial charge in [-0.3, -0.25) is 0 Å². The molecule has 1 aromatic carbocycles. The van der Waals surface area contributed by atoms with Crippen molar-refractivity contribution in [3.8, 4) is 0 Å². The minimum absolute atomic E-state index is 0.0101. The molecule has 104 valence electrons. The Hall–Kier alpha value is -1.36. The monoisotopic (exact) mass is 270 g/mol. The molecule has 0 amide bonds. The van der Waals surface area contributed by atoms with Gasteiger partial charge in [0, 0.05) is 7.11 Å². The summed E-state index contributed by atoms with van der Waals surface area (Å²) in [6.07, 6.45) is 6.22. The van der Waals surface area contributed by atoms with Gasteiger partial charge in [0.1, 0.15) is 0 Å². The first-order valence-corrected chi connectivity index (χ1v) is 6.98. The minimum Gasteiger partial charge on any atom is -0.398 e. The molecule has 1 fully saturated rings. The van der Waals surface area contributed by atoms with Crippen LogP contribution in [0.5, 0.6) is 0 Å². The van der Waals surface area contributed by atoms with Crippen molar-refractivity contribution in [3.63, 3.8) is 0 Å². The third-order valence-electron chi connectivity index (χ3n) is 4.00. The van der Waals surface area contributed by atoms with Crippen LogP contribution in [0.15, 0.2) is 48.1 Å². The van der Waals surface area contributed by atoms with Gasteiger partial charge >= 0.3 is 7.12 Å². The van der Waals surface area contributed by atoms with Gasteiger partial charge in [0.05, 0.1) is 18.3 Å². The third-order valence-corrected chi connectivity index (χ3v) is 4.00. The summed E-state index contributed by atoms with van der Waals surface area (Å²) in [5.74, 6) is 0. The SMILES string of the molecule is CO[C@@H](C)c1ccccc1B1O[C@H]2C=CC=C(C)[C@H]2O1. The normalized spacial score (nSPS) is 26.4. The predicted molar refractivity (Wildman–Crippen MR) is 79.9 cm³/mol. The van der Waals surface area contributed by atoms with Crippen LogP contribution in [0, 0.1) is 0 Å². The second-order valence-corrected chi connectivity index (χ2v) is 5.29. The average molecular weight is 270 g/mol. The van der Waals surface area contributed by atoms with Crippen molar-refractivity contribution < 1.29 is 14.0 Å². The average Bonchev–Trinajstić information content (AvgIpc) is 2.92. The number of ether oxygens (including phenoxy) is 1. The van der Waals surface area contributed by atoms with Crippen molar-refractivity contribution in [2.24, 2.45) is 0 Å². The second-order valence-electron chi connectivity index (χ2n) is 5.29. The molecule has 1 aliphatic carbocycles. The highest BCUT2D eigenvalue weighted by Gasteiger charge is 2.42. The summed E-state index contributed by atoms with van der Waals surface area (Å²) in [4.78, 5) is 0. The van der Waals surface area contributed by atoms with Crippen LogP contribution in [-0.2, 0) is 14.0 Å². The lowest BCUT2D eigenvalue weighted by Gasteiger charge is -2.18. The highest BCUT2D eigenvalue weighted by atomic mass is 16.7. The highest BCUT2D eigenvalue weighted by molar-refractivity contribution is 6.62. The van der Waals surface area contributed by atoms with E-state index in [9.17, 15) is 0 Å². The molecule has 1 aliphatic heterocycles. The highest BCUT2D eigenvalue weighted by Crippen LogP contribution is 2.28. The summed E-state index contributed by atoms with van der Waals surface area (Å²) in [5.41, 5.74) is 3.37. The van der Waals surface area contributed by atoms with E-state index in [1.807, 2.05) is 25.1 Å². The fourth-order valence-corrected chi connectivity index (χ4v) is 2.75. The molecular weight excluding hydrogens is 251 g/mol. The molecule has 2 aliphatic rings. The lowest BCUT2D eigenvalue weighted by Crippen LogP contribution is -2.36. The van der Waals surface area contributed by atoms with Crippen molar-refractivity contribution in [3.05, 3.63) is 53.6 Å². The molecule has 3 atom stereocenters. The minimum atomic E-state index is -0.329. The molecule has 0 saturated carbocycles. The number of benzene rings is 1. The van der Waals surface area contributed by atoms with E-state index in [0.29, 0.717) is 0 Å². The molecule has 4 heteroatoms. The van der Waals surface area contributed by atoms with Gasteiger partial charge in [0.2, 0.25) is 0 Å². The van der Waals surface area contributed by atoms with Crippen molar-refractivity contribution in [2.75, 3.05) is 7.11 Å². The quantitative estimate of drug-likeness (QED) is 0.789. The van der Waals surface area contributed by atoms with Crippen LogP contribution in [0.2, 0.25) is 0 Å². The molecule has 0 radical (unpaired) electrons. The number of hydrogen-bond donors (Lipinski definition) is 0. The Labute approximate surface area is 120 Å². The van der Waals surface area contributed by atoms with Crippen molar-refractivity contribution in [1.29, 1.82) is 0 Å². The lowest BCUT2D eigenvalue weighted by atomic mass is 9.75. The fourth-order valence-electron chi connectivity index (χ4n) is 2.75. The Morgan fingerprint density at radius 3 is 2.80 bits per heavy atom. The lowest BCUT2D eigenvalue weighted by molar-refractivity contribution is 0.120. The molecule has 3 rings (SSSR count). The van der Waals surface area contributed by atoms with Gasteiger partial charge in [-0.25, -0.2) is 0 Å². The van der Waals surface area contributed by atoms with Gasteiger partial charge in [0.25, 0.3) is 0 Å². The van der Waals surface area contributed by atoms with Crippen LogP contribution < -0.4 is 5.46 Å². The summed E-state index contributed by atoms with van der Waals surface area (Å²) >= 11 is 0. The van der Waals surface area contributed by atoms with E-state index in [1.165, 1.54) is 5.57 Å². The van der Waals surface area contributed by atoms with Gasteiger partial charge < -0.3 is 14.0 Å². The van der Waals surface area contributed by atoms with E-state index in [-0.39, 0.29) is 25.4 Å². The number of hydrogen-bond acceptors (Lipinski definition) is 3. The van der Waals surface area contributed by atoms with Crippen LogP contribution >= 0.6 is 0 Å². The zero-order valence-corrected chi connectivity index (χ0v) is 12.1.